The first kappa shape index (κ1) is 26.2. The molecular weight excluding hydrogens is 448 g/mol. The zero-order valence-electron chi connectivity index (χ0n) is 20.2. The van der Waals surface area contributed by atoms with E-state index in [0.717, 1.165) is 17.7 Å². The number of amides is 1. The van der Waals surface area contributed by atoms with Gasteiger partial charge in [-0.2, -0.15) is 0 Å². The van der Waals surface area contributed by atoms with Crippen LogP contribution in [0.15, 0.2) is 55.0 Å². The van der Waals surface area contributed by atoms with Crippen LogP contribution in [-0.2, 0) is 16.0 Å². The maximum atomic E-state index is 13.5. The first-order valence-corrected chi connectivity index (χ1v) is 12.6. The summed E-state index contributed by atoms with van der Waals surface area (Å²) >= 11 is 1.74. The van der Waals surface area contributed by atoms with Crippen molar-refractivity contribution in [3.8, 4) is 5.75 Å². The maximum Gasteiger partial charge on any atom is 0.237 e. The molecule has 1 N–H and O–H groups in total. The molecule has 1 aromatic carbocycles. The van der Waals surface area contributed by atoms with Crippen molar-refractivity contribution in [1.29, 1.82) is 0 Å². The minimum atomic E-state index is -0.693. The maximum absolute atomic E-state index is 13.5. The lowest BCUT2D eigenvalue weighted by Gasteiger charge is -2.37. The van der Waals surface area contributed by atoms with E-state index in [4.69, 9.17) is 9.47 Å². The van der Waals surface area contributed by atoms with Gasteiger partial charge >= 0.3 is 0 Å². The van der Waals surface area contributed by atoms with Crippen LogP contribution in [0.3, 0.4) is 0 Å². The van der Waals surface area contributed by atoms with Gasteiger partial charge in [-0.15, -0.1) is 24.5 Å². The molecule has 2 aromatic rings. The topological polar surface area (TPSA) is 62.2 Å². The van der Waals surface area contributed by atoms with Crippen molar-refractivity contribution in [3.63, 3.8) is 0 Å². The Kier molecular flexibility index (Phi) is 9.89. The van der Waals surface area contributed by atoms with Gasteiger partial charge in [-0.1, -0.05) is 29.8 Å². The zero-order chi connectivity index (χ0) is 24.5. The van der Waals surface area contributed by atoms with E-state index in [1.165, 1.54) is 16.0 Å². The molecule has 0 unspecified atom stereocenters. The van der Waals surface area contributed by atoms with Gasteiger partial charge in [0.15, 0.2) is 0 Å². The van der Waals surface area contributed by atoms with E-state index in [9.17, 15) is 9.90 Å². The van der Waals surface area contributed by atoms with E-state index < -0.39 is 6.10 Å². The zero-order valence-corrected chi connectivity index (χ0v) is 21.1. The number of thiophene rings is 1. The van der Waals surface area contributed by atoms with E-state index in [2.05, 4.69) is 37.6 Å². The van der Waals surface area contributed by atoms with Crippen LogP contribution in [0.2, 0.25) is 0 Å². The minimum Gasteiger partial charge on any atom is -0.491 e. The van der Waals surface area contributed by atoms with Gasteiger partial charge in [0.25, 0.3) is 0 Å². The fourth-order valence-corrected chi connectivity index (χ4v) is 5.24. The van der Waals surface area contributed by atoms with Crippen molar-refractivity contribution in [1.82, 2.24) is 9.80 Å². The summed E-state index contributed by atoms with van der Waals surface area (Å²) in [6, 6.07) is 8.11. The lowest BCUT2D eigenvalue weighted by molar-refractivity contribution is -0.136. The number of hydrogen-bond acceptors (Lipinski definition) is 6. The molecule has 1 aliphatic heterocycles. The summed E-state index contributed by atoms with van der Waals surface area (Å²) < 4.78 is 11.6. The molecule has 0 fully saturated rings. The second kappa shape index (κ2) is 12.9. The molecule has 0 saturated carbocycles. The van der Waals surface area contributed by atoms with Crippen molar-refractivity contribution in [3.05, 3.63) is 76.5 Å². The van der Waals surface area contributed by atoms with Crippen LogP contribution in [0, 0.1) is 13.8 Å². The number of carbonyl (C=O) groups is 1. The van der Waals surface area contributed by atoms with Gasteiger partial charge in [0.2, 0.25) is 5.91 Å². The Balaban J connectivity index is 1.69. The highest BCUT2D eigenvalue weighted by Gasteiger charge is 2.33. The molecule has 184 valence electrons. The Morgan fingerprint density at radius 1 is 1.32 bits per heavy atom. The highest BCUT2D eigenvalue weighted by molar-refractivity contribution is 7.10. The van der Waals surface area contributed by atoms with E-state index in [-0.39, 0.29) is 25.1 Å². The van der Waals surface area contributed by atoms with Crippen LogP contribution in [0.25, 0.3) is 0 Å². The molecule has 2 heterocycles. The van der Waals surface area contributed by atoms with Gasteiger partial charge in [-0.3, -0.25) is 9.69 Å². The lowest BCUT2D eigenvalue weighted by Crippen LogP contribution is -2.48. The van der Waals surface area contributed by atoms with Crippen molar-refractivity contribution in [2.75, 3.05) is 46.0 Å². The van der Waals surface area contributed by atoms with Crippen molar-refractivity contribution < 1.29 is 19.4 Å². The van der Waals surface area contributed by atoms with E-state index in [0.29, 0.717) is 32.8 Å². The van der Waals surface area contributed by atoms with Gasteiger partial charge < -0.3 is 19.5 Å². The Morgan fingerprint density at radius 3 is 2.88 bits per heavy atom. The molecule has 0 aliphatic carbocycles. The third kappa shape index (κ3) is 7.03. The number of fused-ring (bicyclic) bond motifs is 1. The predicted molar refractivity (Wildman–Crippen MR) is 138 cm³/mol. The number of ether oxygens (including phenoxy) is 2. The highest BCUT2D eigenvalue weighted by Crippen LogP contribution is 2.34. The first-order valence-electron chi connectivity index (χ1n) is 11.7. The van der Waals surface area contributed by atoms with Gasteiger partial charge in [-0.05, 0) is 48.9 Å². The third-order valence-electron chi connectivity index (χ3n) is 5.90. The molecule has 3 rings (SSSR count). The molecule has 2 atom stereocenters. The molecule has 1 aliphatic rings. The molecule has 1 amide bonds. The first-order chi connectivity index (χ1) is 16.4. The average Bonchev–Trinajstić information content (AvgIpc) is 3.28. The van der Waals surface area contributed by atoms with Crippen molar-refractivity contribution in [2.24, 2.45) is 0 Å². The minimum absolute atomic E-state index is 0.0205. The molecular formula is C27H36N2O4S. The number of nitrogens with zero attached hydrogens (tertiary/aromatic N) is 2. The molecule has 6 nitrogen and oxygen atoms in total. The quantitative estimate of drug-likeness (QED) is 0.345. The van der Waals surface area contributed by atoms with Crippen LogP contribution in [0.5, 0.6) is 5.75 Å². The summed E-state index contributed by atoms with van der Waals surface area (Å²) in [5.41, 5.74) is 3.45. The van der Waals surface area contributed by atoms with Crippen molar-refractivity contribution in [2.45, 2.75) is 32.4 Å². The SMILES string of the molecule is C=CCOC[C@H](O)CN(CC=C)CC(=O)N1CCc2sccc2[C@@H]1COc1ccc(C)cc1C. The number of aliphatic hydroxyl groups excluding tert-OH is 1. The Labute approximate surface area is 207 Å². The molecule has 0 bridgehead atoms. The summed E-state index contributed by atoms with van der Waals surface area (Å²) in [5, 5.41) is 12.4. The predicted octanol–water partition coefficient (Wildman–Crippen LogP) is 3.92. The van der Waals surface area contributed by atoms with Crippen LogP contribution >= 0.6 is 11.3 Å². The van der Waals surface area contributed by atoms with Gasteiger partial charge in [0.05, 0.1) is 31.9 Å². The van der Waals surface area contributed by atoms with Gasteiger partial charge in [0.1, 0.15) is 12.4 Å². The van der Waals surface area contributed by atoms with Crippen LogP contribution in [0.1, 0.15) is 27.6 Å². The summed E-state index contributed by atoms with van der Waals surface area (Å²) in [6.45, 7) is 14.2. The van der Waals surface area contributed by atoms with E-state index in [1.54, 1.807) is 23.5 Å². The second-order valence-corrected chi connectivity index (χ2v) is 9.70. The number of benzene rings is 1. The second-order valence-electron chi connectivity index (χ2n) is 8.69. The number of hydrogen-bond donors (Lipinski definition) is 1. The van der Waals surface area contributed by atoms with E-state index >= 15 is 0 Å². The van der Waals surface area contributed by atoms with Crippen LogP contribution < -0.4 is 4.74 Å². The summed E-state index contributed by atoms with van der Waals surface area (Å²) in [7, 11) is 0. The largest absolute Gasteiger partial charge is 0.491 e. The molecule has 7 heteroatoms. The average molecular weight is 485 g/mol. The lowest BCUT2D eigenvalue weighted by atomic mass is 10.00. The van der Waals surface area contributed by atoms with Crippen LogP contribution in [-0.4, -0.2) is 72.9 Å². The van der Waals surface area contributed by atoms with E-state index in [1.807, 2.05) is 28.9 Å². The number of aliphatic hydroxyl groups is 1. The monoisotopic (exact) mass is 484 g/mol. The normalized spacial score (nSPS) is 16.2. The molecule has 0 spiro atoms. The molecule has 0 radical (unpaired) electrons. The summed E-state index contributed by atoms with van der Waals surface area (Å²) in [4.78, 5) is 18.6. The fourth-order valence-electron chi connectivity index (χ4n) is 4.31. The number of rotatable bonds is 13. The fraction of sp³-hybridized carbons (Fsp3) is 0.444. The van der Waals surface area contributed by atoms with Crippen LogP contribution in [0.4, 0.5) is 0 Å². The Bertz CT molecular complexity index is 973. The number of aryl methyl sites for hydroxylation is 2. The summed E-state index contributed by atoms with van der Waals surface area (Å²) in [6.07, 6.45) is 3.55. The summed E-state index contributed by atoms with van der Waals surface area (Å²) in [5.74, 6) is 0.864. The molecule has 1 aromatic heterocycles. The third-order valence-corrected chi connectivity index (χ3v) is 6.90. The number of carbonyl (C=O) groups excluding carboxylic acids is 1. The van der Waals surface area contributed by atoms with Gasteiger partial charge in [0, 0.05) is 24.5 Å². The molecule has 0 saturated heterocycles. The van der Waals surface area contributed by atoms with Gasteiger partial charge in [-0.25, -0.2) is 0 Å². The Morgan fingerprint density at radius 2 is 2.15 bits per heavy atom. The Hall–Kier alpha value is -2.45. The standard InChI is InChI=1S/C27H36N2O4S/c1-5-11-28(16-22(30)18-32-13-6-2)17-27(31)29-12-9-26-23(10-14-34-26)24(29)19-33-25-8-7-20(3)15-21(25)4/h5-8,10,14-15,22,24,30H,1-2,9,11-13,16-19H2,3-4H3/t22-,24+/m1/s1. The smallest absolute Gasteiger partial charge is 0.237 e. The highest BCUT2D eigenvalue weighted by atomic mass is 32.1. The van der Waals surface area contributed by atoms with Crippen molar-refractivity contribution >= 4 is 17.2 Å². The molecule has 34 heavy (non-hydrogen) atoms.